The van der Waals surface area contributed by atoms with Crippen molar-refractivity contribution in [2.24, 2.45) is 5.14 Å². The third-order valence-electron chi connectivity index (χ3n) is 2.27. The van der Waals surface area contributed by atoms with Crippen molar-refractivity contribution in [2.45, 2.75) is 36.7 Å². The molecule has 1 fully saturated rings. The van der Waals surface area contributed by atoms with Gasteiger partial charge in [-0.15, -0.1) is 0 Å². The number of primary sulfonamides is 1. The van der Waals surface area contributed by atoms with Crippen LogP contribution in [0.1, 0.15) is 25.7 Å². The van der Waals surface area contributed by atoms with Crippen molar-refractivity contribution in [3.63, 3.8) is 0 Å². The number of sulfonamides is 1. The third-order valence-corrected chi connectivity index (χ3v) is 4.09. The maximum Gasteiger partial charge on any atom is 0.214 e. The summed E-state index contributed by atoms with van der Waals surface area (Å²) in [6.45, 7) is 0. The lowest BCUT2D eigenvalue weighted by molar-refractivity contribution is -0.0466. The smallest absolute Gasteiger partial charge is 0.214 e. The van der Waals surface area contributed by atoms with Gasteiger partial charge in [0.2, 0.25) is 10.0 Å². The normalized spacial score (nSPS) is 21.3. The molecule has 0 saturated heterocycles. The molecule has 12 heavy (non-hydrogen) atoms. The van der Waals surface area contributed by atoms with Gasteiger partial charge in [0.15, 0.2) is 6.29 Å². The first-order valence-electron chi connectivity index (χ1n) is 3.76. The lowest BCUT2D eigenvalue weighted by atomic mass is 10.2. The number of hydrogen-bond donors (Lipinski definition) is 3. The van der Waals surface area contributed by atoms with E-state index < -0.39 is 21.1 Å². The minimum Gasteiger partial charge on any atom is -0.368 e. The van der Waals surface area contributed by atoms with Gasteiger partial charge in [-0.2, -0.15) is 0 Å². The van der Waals surface area contributed by atoms with Crippen molar-refractivity contribution in [1.82, 2.24) is 0 Å². The molecule has 6 heteroatoms. The van der Waals surface area contributed by atoms with E-state index in [9.17, 15) is 8.42 Å². The summed E-state index contributed by atoms with van der Waals surface area (Å²) >= 11 is 0. The Hall–Kier alpha value is -0.170. The molecule has 1 aliphatic rings. The molecule has 5 nitrogen and oxygen atoms in total. The molecule has 0 aromatic heterocycles. The highest BCUT2D eigenvalue weighted by molar-refractivity contribution is 7.90. The predicted octanol–water partition coefficient (Wildman–Crippen LogP) is -1.10. The second kappa shape index (κ2) is 2.95. The van der Waals surface area contributed by atoms with Crippen molar-refractivity contribution in [1.29, 1.82) is 0 Å². The van der Waals surface area contributed by atoms with E-state index in [4.69, 9.17) is 15.4 Å². The van der Waals surface area contributed by atoms with Gasteiger partial charge in [-0.3, -0.25) is 0 Å². The van der Waals surface area contributed by atoms with Crippen LogP contribution < -0.4 is 5.14 Å². The molecule has 0 bridgehead atoms. The monoisotopic (exact) mass is 195 g/mol. The number of nitrogens with two attached hydrogens (primary N) is 1. The number of rotatable bonds is 4. The van der Waals surface area contributed by atoms with Gasteiger partial charge in [0, 0.05) is 0 Å². The summed E-state index contributed by atoms with van der Waals surface area (Å²) < 4.78 is 21.0. The molecule has 0 spiro atoms. The van der Waals surface area contributed by atoms with Gasteiger partial charge in [0.25, 0.3) is 0 Å². The molecule has 0 heterocycles. The van der Waals surface area contributed by atoms with Crippen LogP contribution >= 0.6 is 0 Å². The van der Waals surface area contributed by atoms with Crippen LogP contribution in [0.15, 0.2) is 0 Å². The van der Waals surface area contributed by atoms with Crippen LogP contribution in [0.2, 0.25) is 0 Å². The summed E-state index contributed by atoms with van der Waals surface area (Å²) in [5, 5.41) is 22.0. The van der Waals surface area contributed by atoms with Crippen LogP contribution in [0.25, 0.3) is 0 Å². The standard InChI is InChI=1S/C6H13NO4S/c7-12(10,11)6(3-4-6)2-1-5(8)9/h5,8-9H,1-4H2,(H2,7,10,11). The van der Waals surface area contributed by atoms with Crippen LogP contribution in [0.4, 0.5) is 0 Å². The number of aliphatic hydroxyl groups excluding tert-OH is 1. The Bertz CT molecular complexity index is 255. The van der Waals surface area contributed by atoms with E-state index in [0.29, 0.717) is 12.8 Å². The zero-order chi connectivity index (χ0) is 9.41. The quantitative estimate of drug-likeness (QED) is 0.495. The van der Waals surface area contributed by atoms with E-state index >= 15 is 0 Å². The molecule has 0 radical (unpaired) electrons. The Morgan fingerprint density at radius 3 is 2.17 bits per heavy atom. The second-order valence-electron chi connectivity index (χ2n) is 3.25. The first-order chi connectivity index (χ1) is 5.37. The molecular weight excluding hydrogens is 182 g/mol. The SMILES string of the molecule is NS(=O)(=O)C1(CCC(O)O)CC1. The summed E-state index contributed by atoms with van der Waals surface area (Å²) in [6, 6.07) is 0. The van der Waals surface area contributed by atoms with Crippen LogP contribution in [-0.4, -0.2) is 29.7 Å². The van der Waals surface area contributed by atoms with Crippen molar-refractivity contribution in [3.05, 3.63) is 0 Å². The molecule has 0 aliphatic heterocycles. The highest BCUT2D eigenvalue weighted by Gasteiger charge is 2.52. The van der Waals surface area contributed by atoms with E-state index in [0.717, 1.165) is 0 Å². The van der Waals surface area contributed by atoms with Gasteiger partial charge in [0.05, 0.1) is 4.75 Å². The van der Waals surface area contributed by atoms with E-state index in [1.54, 1.807) is 0 Å². The van der Waals surface area contributed by atoms with E-state index in [2.05, 4.69) is 0 Å². The Labute approximate surface area is 71.2 Å². The minimum absolute atomic E-state index is 0.0659. The van der Waals surface area contributed by atoms with Gasteiger partial charge < -0.3 is 10.2 Å². The fourth-order valence-corrected chi connectivity index (χ4v) is 2.28. The van der Waals surface area contributed by atoms with Crippen molar-refractivity contribution in [3.8, 4) is 0 Å². The Kier molecular flexibility index (Phi) is 2.44. The van der Waals surface area contributed by atoms with Gasteiger partial charge in [0.1, 0.15) is 0 Å². The van der Waals surface area contributed by atoms with Crippen molar-refractivity contribution >= 4 is 10.0 Å². The minimum atomic E-state index is -3.51. The highest BCUT2D eigenvalue weighted by Crippen LogP contribution is 2.45. The Balaban J connectivity index is 2.52. The summed E-state index contributed by atoms with van der Waals surface area (Å²) in [4.78, 5) is 0. The molecule has 0 unspecified atom stereocenters. The lowest BCUT2D eigenvalue weighted by Crippen LogP contribution is -2.31. The first-order valence-corrected chi connectivity index (χ1v) is 5.30. The molecule has 0 aromatic rings. The summed E-state index contributed by atoms with van der Waals surface area (Å²) in [6.07, 6.45) is -0.0546. The summed E-state index contributed by atoms with van der Waals surface area (Å²) in [7, 11) is -3.51. The largest absolute Gasteiger partial charge is 0.368 e. The van der Waals surface area contributed by atoms with Crippen LogP contribution in [0.3, 0.4) is 0 Å². The molecule has 0 aromatic carbocycles. The summed E-state index contributed by atoms with van der Waals surface area (Å²) in [5.41, 5.74) is 0. The topological polar surface area (TPSA) is 101 Å². The van der Waals surface area contributed by atoms with Gasteiger partial charge >= 0.3 is 0 Å². The first kappa shape index (κ1) is 9.91. The predicted molar refractivity (Wildman–Crippen MR) is 42.5 cm³/mol. The lowest BCUT2D eigenvalue weighted by Gasteiger charge is -2.12. The molecule has 1 aliphatic carbocycles. The van der Waals surface area contributed by atoms with Crippen LogP contribution in [-0.2, 0) is 10.0 Å². The van der Waals surface area contributed by atoms with Crippen LogP contribution in [0, 0.1) is 0 Å². The molecule has 72 valence electrons. The Morgan fingerprint density at radius 1 is 1.42 bits per heavy atom. The molecule has 4 N–H and O–H groups in total. The van der Waals surface area contributed by atoms with Crippen molar-refractivity contribution < 1.29 is 18.6 Å². The second-order valence-corrected chi connectivity index (χ2v) is 5.20. The third kappa shape index (κ3) is 1.95. The van der Waals surface area contributed by atoms with E-state index in [1.165, 1.54) is 0 Å². The zero-order valence-corrected chi connectivity index (χ0v) is 7.42. The molecule has 0 atom stereocenters. The van der Waals surface area contributed by atoms with Gasteiger partial charge in [-0.25, -0.2) is 13.6 Å². The fraction of sp³-hybridized carbons (Fsp3) is 1.00. The van der Waals surface area contributed by atoms with E-state index in [1.807, 2.05) is 0 Å². The zero-order valence-electron chi connectivity index (χ0n) is 6.60. The molecule has 1 rings (SSSR count). The molecule has 1 saturated carbocycles. The maximum absolute atomic E-state index is 10.9. The summed E-state index contributed by atoms with van der Waals surface area (Å²) in [5.74, 6) is 0. The average molecular weight is 195 g/mol. The van der Waals surface area contributed by atoms with Crippen molar-refractivity contribution in [2.75, 3.05) is 0 Å². The average Bonchev–Trinajstić information content (AvgIpc) is 2.60. The number of hydrogen-bond acceptors (Lipinski definition) is 4. The fourth-order valence-electron chi connectivity index (χ4n) is 1.21. The van der Waals surface area contributed by atoms with Gasteiger partial charge in [-0.1, -0.05) is 0 Å². The maximum atomic E-state index is 10.9. The molecule has 0 amide bonds. The Morgan fingerprint density at radius 2 is 1.92 bits per heavy atom. The molecular formula is C6H13NO4S. The highest BCUT2D eigenvalue weighted by atomic mass is 32.2. The van der Waals surface area contributed by atoms with Crippen LogP contribution in [0.5, 0.6) is 0 Å². The number of aliphatic hydroxyl groups is 2. The van der Waals surface area contributed by atoms with E-state index in [-0.39, 0.29) is 12.8 Å². The van der Waals surface area contributed by atoms with Gasteiger partial charge in [-0.05, 0) is 25.7 Å².